The second kappa shape index (κ2) is 9.86. The Bertz CT molecular complexity index is 707. The maximum absolute atomic E-state index is 13.0. The van der Waals surface area contributed by atoms with Crippen LogP contribution in [0.3, 0.4) is 0 Å². The molecule has 0 aliphatic carbocycles. The molecule has 0 aliphatic rings. The van der Waals surface area contributed by atoms with E-state index < -0.39 is 16.9 Å². The van der Waals surface area contributed by atoms with Gasteiger partial charge in [-0.1, -0.05) is 48.5 Å². The molecule has 6 heteroatoms. The van der Waals surface area contributed by atoms with Crippen LogP contribution in [-0.2, 0) is 27.0 Å². The van der Waals surface area contributed by atoms with Crippen molar-refractivity contribution in [3.8, 4) is 0 Å². The predicted molar refractivity (Wildman–Crippen MR) is 98.2 cm³/mol. The summed E-state index contributed by atoms with van der Waals surface area (Å²) in [5, 5.41) is 3.01. The standard InChI is InChI=1S/C19H22N2O3S/c1-20-15-17(14-16-8-4-2-5-9-16)19(23)21(12-13-22)25(24)18-10-6-3-7-11-18/h2-11,13,17,20H,12,14-15H2,1H3. The van der Waals surface area contributed by atoms with E-state index in [0.29, 0.717) is 24.1 Å². The molecule has 132 valence electrons. The molecule has 2 rings (SSSR count). The summed E-state index contributed by atoms with van der Waals surface area (Å²) >= 11 is 0. The number of amides is 1. The quantitative estimate of drug-likeness (QED) is 0.695. The van der Waals surface area contributed by atoms with E-state index in [9.17, 15) is 13.8 Å². The lowest BCUT2D eigenvalue weighted by molar-refractivity contribution is -0.131. The maximum Gasteiger partial charge on any atom is 0.239 e. The van der Waals surface area contributed by atoms with Gasteiger partial charge >= 0.3 is 0 Å². The van der Waals surface area contributed by atoms with Gasteiger partial charge in [0.2, 0.25) is 5.91 Å². The van der Waals surface area contributed by atoms with Crippen molar-refractivity contribution in [2.45, 2.75) is 11.3 Å². The molecule has 1 amide bonds. The van der Waals surface area contributed by atoms with Gasteiger partial charge in [0.15, 0.2) is 11.0 Å². The maximum atomic E-state index is 13.0. The van der Waals surface area contributed by atoms with E-state index in [-0.39, 0.29) is 12.5 Å². The Labute approximate surface area is 150 Å². The summed E-state index contributed by atoms with van der Waals surface area (Å²) in [5.74, 6) is -0.701. The second-order valence-corrected chi connectivity index (χ2v) is 6.98. The molecule has 0 bridgehead atoms. The van der Waals surface area contributed by atoms with Gasteiger partial charge < -0.3 is 10.1 Å². The number of nitrogens with one attached hydrogen (secondary N) is 1. The summed E-state index contributed by atoms with van der Waals surface area (Å²) in [5.41, 5.74) is 1.02. The van der Waals surface area contributed by atoms with Gasteiger partial charge in [0.25, 0.3) is 0 Å². The predicted octanol–water partition coefficient (Wildman–Crippen LogP) is 1.81. The van der Waals surface area contributed by atoms with Crippen LogP contribution in [0.5, 0.6) is 0 Å². The Morgan fingerprint density at radius 2 is 1.72 bits per heavy atom. The van der Waals surface area contributed by atoms with Gasteiger partial charge in [0.1, 0.15) is 6.29 Å². The van der Waals surface area contributed by atoms with Crippen LogP contribution >= 0.6 is 0 Å². The molecule has 2 aromatic rings. The van der Waals surface area contributed by atoms with E-state index in [1.807, 2.05) is 36.4 Å². The second-order valence-electron chi connectivity index (χ2n) is 5.57. The average molecular weight is 358 g/mol. The van der Waals surface area contributed by atoms with Crippen molar-refractivity contribution in [1.29, 1.82) is 0 Å². The minimum Gasteiger partial charge on any atom is -0.319 e. The normalized spacial score (nSPS) is 13.0. The lowest BCUT2D eigenvalue weighted by Crippen LogP contribution is -2.42. The number of aldehydes is 1. The first-order valence-electron chi connectivity index (χ1n) is 8.07. The minimum atomic E-state index is -1.71. The SMILES string of the molecule is CNCC(Cc1ccccc1)C(=O)N(CC=O)S(=O)c1ccccc1. The van der Waals surface area contributed by atoms with Crippen LogP contribution < -0.4 is 5.32 Å². The Hall–Kier alpha value is -2.31. The summed E-state index contributed by atoms with van der Waals surface area (Å²) in [6, 6.07) is 18.4. The Morgan fingerprint density at radius 1 is 1.12 bits per heavy atom. The molecule has 0 aliphatic heterocycles. The number of nitrogens with zero attached hydrogens (tertiary/aromatic N) is 1. The first-order chi connectivity index (χ1) is 12.2. The van der Waals surface area contributed by atoms with Gasteiger partial charge in [-0.2, -0.15) is 0 Å². The number of rotatable bonds is 9. The highest BCUT2D eigenvalue weighted by Gasteiger charge is 2.28. The highest BCUT2D eigenvalue weighted by atomic mass is 32.2. The van der Waals surface area contributed by atoms with Crippen molar-refractivity contribution in [3.05, 3.63) is 66.2 Å². The van der Waals surface area contributed by atoms with E-state index in [1.165, 1.54) is 0 Å². The summed E-state index contributed by atoms with van der Waals surface area (Å²) in [6.45, 7) is 0.240. The van der Waals surface area contributed by atoms with Crippen LogP contribution in [-0.4, -0.2) is 40.8 Å². The molecule has 5 nitrogen and oxygen atoms in total. The van der Waals surface area contributed by atoms with Crippen LogP contribution in [0.15, 0.2) is 65.6 Å². The van der Waals surface area contributed by atoms with E-state index in [2.05, 4.69) is 5.32 Å². The number of benzene rings is 2. The van der Waals surface area contributed by atoms with E-state index in [1.54, 1.807) is 31.3 Å². The zero-order valence-corrected chi connectivity index (χ0v) is 14.9. The molecule has 1 N–H and O–H groups in total. The van der Waals surface area contributed by atoms with Crippen LogP contribution in [0.25, 0.3) is 0 Å². The number of hydrogen-bond donors (Lipinski definition) is 1. The summed E-state index contributed by atoms with van der Waals surface area (Å²) < 4.78 is 13.9. The molecule has 2 aromatic carbocycles. The van der Waals surface area contributed by atoms with Gasteiger partial charge in [-0.3, -0.25) is 4.79 Å². The number of carbonyl (C=O) groups is 2. The van der Waals surface area contributed by atoms with E-state index in [4.69, 9.17) is 0 Å². The van der Waals surface area contributed by atoms with Crippen LogP contribution in [0.2, 0.25) is 0 Å². The largest absolute Gasteiger partial charge is 0.319 e. The topological polar surface area (TPSA) is 66.5 Å². The van der Waals surface area contributed by atoms with Gasteiger partial charge in [0.05, 0.1) is 17.4 Å². The lowest BCUT2D eigenvalue weighted by atomic mass is 9.98. The van der Waals surface area contributed by atoms with E-state index in [0.717, 1.165) is 9.87 Å². The molecule has 2 atom stereocenters. The number of hydrogen-bond acceptors (Lipinski definition) is 4. The third-order valence-corrected chi connectivity index (χ3v) is 5.16. The molecular formula is C19H22N2O3S. The summed E-state index contributed by atoms with van der Waals surface area (Å²) in [4.78, 5) is 24.5. The number of carbonyl (C=O) groups excluding carboxylic acids is 2. The molecule has 0 spiro atoms. The Kier molecular flexibility index (Phi) is 7.50. The fraction of sp³-hybridized carbons (Fsp3) is 0.263. The van der Waals surface area contributed by atoms with Crippen molar-refractivity contribution in [1.82, 2.24) is 9.62 Å². The zero-order valence-electron chi connectivity index (χ0n) is 14.1. The highest BCUT2D eigenvalue weighted by molar-refractivity contribution is 7.83. The molecule has 0 saturated heterocycles. The Balaban J connectivity index is 2.23. The van der Waals surface area contributed by atoms with Crippen molar-refractivity contribution in [2.75, 3.05) is 20.1 Å². The molecule has 0 saturated carbocycles. The van der Waals surface area contributed by atoms with Gasteiger partial charge in [0, 0.05) is 6.54 Å². The molecule has 25 heavy (non-hydrogen) atoms. The molecular weight excluding hydrogens is 336 g/mol. The first kappa shape index (κ1) is 19.0. The molecule has 0 fully saturated rings. The van der Waals surface area contributed by atoms with Crippen LogP contribution in [0, 0.1) is 5.92 Å². The minimum absolute atomic E-state index is 0.199. The average Bonchev–Trinajstić information content (AvgIpc) is 2.66. The van der Waals surface area contributed by atoms with Gasteiger partial charge in [-0.15, -0.1) is 0 Å². The van der Waals surface area contributed by atoms with Crippen LogP contribution in [0.4, 0.5) is 0 Å². The lowest BCUT2D eigenvalue weighted by Gasteiger charge is -2.25. The summed E-state index contributed by atoms with van der Waals surface area (Å²) in [6.07, 6.45) is 1.12. The molecule has 0 aromatic heterocycles. The molecule has 2 unspecified atom stereocenters. The van der Waals surface area contributed by atoms with Crippen molar-refractivity contribution < 1.29 is 13.8 Å². The van der Waals surface area contributed by atoms with Crippen LogP contribution in [0.1, 0.15) is 5.56 Å². The highest BCUT2D eigenvalue weighted by Crippen LogP contribution is 2.16. The third kappa shape index (κ3) is 5.34. The smallest absolute Gasteiger partial charge is 0.239 e. The van der Waals surface area contributed by atoms with Gasteiger partial charge in [-0.05, 0) is 31.2 Å². The monoisotopic (exact) mass is 358 g/mol. The van der Waals surface area contributed by atoms with E-state index >= 15 is 0 Å². The fourth-order valence-electron chi connectivity index (χ4n) is 2.57. The third-order valence-electron chi connectivity index (χ3n) is 3.76. The zero-order chi connectivity index (χ0) is 18.1. The first-order valence-corrected chi connectivity index (χ1v) is 9.18. The van der Waals surface area contributed by atoms with Crippen molar-refractivity contribution in [3.63, 3.8) is 0 Å². The Morgan fingerprint density at radius 3 is 2.28 bits per heavy atom. The summed E-state index contributed by atoms with van der Waals surface area (Å²) in [7, 11) is 0.0588. The fourth-order valence-corrected chi connectivity index (χ4v) is 3.72. The van der Waals surface area contributed by atoms with Crippen molar-refractivity contribution >= 4 is 23.2 Å². The molecule has 0 heterocycles. The van der Waals surface area contributed by atoms with Gasteiger partial charge in [-0.25, -0.2) is 8.51 Å². The van der Waals surface area contributed by atoms with Crippen molar-refractivity contribution in [2.24, 2.45) is 5.92 Å². The molecule has 0 radical (unpaired) electrons.